The molecular formula is C10H21NO2. The van der Waals surface area contributed by atoms with E-state index in [1.54, 1.807) is 7.11 Å². The molecule has 0 radical (unpaired) electrons. The molecule has 0 bridgehead atoms. The number of nitrogens with one attached hydrogen (secondary N) is 1. The van der Waals surface area contributed by atoms with Crippen molar-refractivity contribution in [2.45, 2.75) is 19.8 Å². The molecule has 0 aromatic rings. The van der Waals surface area contributed by atoms with E-state index in [-0.39, 0.29) is 5.41 Å². The van der Waals surface area contributed by atoms with Crippen molar-refractivity contribution in [3.05, 3.63) is 0 Å². The van der Waals surface area contributed by atoms with Crippen LogP contribution in [0.3, 0.4) is 0 Å². The summed E-state index contributed by atoms with van der Waals surface area (Å²) in [5.41, 5.74) is 0.274. The van der Waals surface area contributed by atoms with Crippen LogP contribution in [0, 0.1) is 5.41 Å². The Labute approximate surface area is 80.8 Å². The van der Waals surface area contributed by atoms with Crippen LogP contribution in [0.25, 0.3) is 0 Å². The molecule has 13 heavy (non-hydrogen) atoms. The number of piperidine rings is 1. The average Bonchev–Trinajstić information content (AvgIpc) is 2.17. The maximum atomic E-state index is 5.52. The first kappa shape index (κ1) is 11.0. The van der Waals surface area contributed by atoms with E-state index < -0.39 is 0 Å². The molecule has 0 aromatic heterocycles. The summed E-state index contributed by atoms with van der Waals surface area (Å²) in [5, 5.41) is 3.36. The van der Waals surface area contributed by atoms with Gasteiger partial charge in [0.25, 0.3) is 0 Å². The van der Waals surface area contributed by atoms with Crippen LogP contribution in [0.15, 0.2) is 0 Å². The molecule has 3 nitrogen and oxygen atoms in total. The van der Waals surface area contributed by atoms with Gasteiger partial charge in [0.15, 0.2) is 0 Å². The molecule has 0 amide bonds. The molecule has 0 atom stereocenters. The highest BCUT2D eigenvalue weighted by atomic mass is 16.5. The molecule has 0 saturated carbocycles. The Balaban J connectivity index is 2.40. The third-order valence-electron chi connectivity index (χ3n) is 2.73. The van der Waals surface area contributed by atoms with Gasteiger partial charge in [-0.2, -0.15) is 0 Å². The molecule has 0 aliphatic carbocycles. The lowest BCUT2D eigenvalue weighted by molar-refractivity contribution is -0.0221. The van der Waals surface area contributed by atoms with E-state index in [9.17, 15) is 0 Å². The lowest BCUT2D eigenvalue weighted by Gasteiger charge is -2.36. The predicted molar refractivity (Wildman–Crippen MR) is 52.9 cm³/mol. The Morgan fingerprint density at radius 3 is 2.46 bits per heavy atom. The zero-order valence-corrected chi connectivity index (χ0v) is 8.77. The summed E-state index contributed by atoms with van der Waals surface area (Å²) in [5.74, 6) is 0. The van der Waals surface area contributed by atoms with Crippen LogP contribution in [-0.4, -0.2) is 40.0 Å². The number of methoxy groups -OCH3 is 1. The Kier molecular flexibility index (Phi) is 4.70. The van der Waals surface area contributed by atoms with Gasteiger partial charge in [-0.15, -0.1) is 0 Å². The van der Waals surface area contributed by atoms with Crippen LogP contribution in [0.5, 0.6) is 0 Å². The Hall–Kier alpha value is -0.120. The Morgan fingerprint density at radius 1 is 1.23 bits per heavy atom. The van der Waals surface area contributed by atoms with Crippen molar-refractivity contribution in [3.8, 4) is 0 Å². The summed E-state index contributed by atoms with van der Waals surface area (Å²) < 4.78 is 10.8. The van der Waals surface area contributed by atoms with Gasteiger partial charge in [-0.25, -0.2) is 0 Å². The maximum Gasteiger partial charge on any atom is 0.0545 e. The number of hydrogen-bond acceptors (Lipinski definition) is 3. The van der Waals surface area contributed by atoms with Crippen molar-refractivity contribution >= 4 is 0 Å². The number of rotatable bonds is 5. The maximum absolute atomic E-state index is 5.52. The smallest absolute Gasteiger partial charge is 0.0545 e. The van der Waals surface area contributed by atoms with Gasteiger partial charge in [0.1, 0.15) is 0 Å². The van der Waals surface area contributed by atoms with Crippen molar-refractivity contribution < 1.29 is 9.47 Å². The zero-order chi connectivity index (χ0) is 9.57. The third-order valence-corrected chi connectivity index (χ3v) is 2.73. The molecule has 0 unspecified atom stereocenters. The second-order valence-corrected chi connectivity index (χ2v) is 3.82. The van der Waals surface area contributed by atoms with Crippen LogP contribution in [0.2, 0.25) is 0 Å². The minimum absolute atomic E-state index is 0.274. The minimum atomic E-state index is 0.274. The van der Waals surface area contributed by atoms with Crippen molar-refractivity contribution in [2.24, 2.45) is 5.41 Å². The average molecular weight is 187 g/mol. The highest BCUT2D eigenvalue weighted by molar-refractivity contribution is 4.84. The zero-order valence-electron chi connectivity index (χ0n) is 8.77. The molecule has 1 aliphatic heterocycles. The van der Waals surface area contributed by atoms with E-state index in [2.05, 4.69) is 5.32 Å². The highest BCUT2D eigenvalue weighted by Gasteiger charge is 2.32. The topological polar surface area (TPSA) is 30.5 Å². The van der Waals surface area contributed by atoms with Gasteiger partial charge >= 0.3 is 0 Å². The van der Waals surface area contributed by atoms with Gasteiger partial charge in [0.2, 0.25) is 0 Å². The van der Waals surface area contributed by atoms with Crippen LogP contribution in [0.1, 0.15) is 19.8 Å². The summed E-state index contributed by atoms with van der Waals surface area (Å²) in [6.07, 6.45) is 2.34. The van der Waals surface area contributed by atoms with Gasteiger partial charge in [0.05, 0.1) is 13.2 Å². The van der Waals surface area contributed by atoms with Crippen molar-refractivity contribution in [1.82, 2.24) is 5.32 Å². The highest BCUT2D eigenvalue weighted by Crippen LogP contribution is 2.29. The Bertz CT molecular complexity index is 127. The monoisotopic (exact) mass is 187 g/mol. The van der Waals surface area contributed by atoms with Gasteiger partial charge < -0.3 is 14.8 Å². The second kappa shape index (κ2) is 5.58. The van der Waals surface area contributed by atoms with Gasteiger partial charge in [-0.1, -0.05) is 0 Å². The fourth-order valence-electron chi connectivity index (χ4n) is 1.91. The Morgan fingerprint density at radius 2 is 1.92 bits per heavy atom. The number of ether oxygens (including phenoxy) is 2. The molecule has 1 N–H and O–H groups in total. The largest absolute Gasteiger partial charge is 0.384 e. The van der Waals surface area contributed by atoms with Crippen LogP contribution in [-0.2, 0) is 9.47 Å². The van der Waals surface area contributed by atoms with Crippen LogP contribution >= 0.6 is 0 Å². The van der Waals surface area contributed by atoms with Crippen LogP contribution in [0.4, 0.5) is 0 Å². The molecule has 0 spiro atoms. The van der Waals surface area contributed by atoms with E-state index in [1.807, 2.05) is 6.92 Å². The molecule has 1 fully saturated rings. The SMILES string of the molecule is CCOCC1(COC)CCNCC1. The standard InChI is InChI=1S/C10H21NO2/c1-3-13-9-10(8-12-2)4-6-11-7-5-10/h11H,3-9H2,1-2H3. The molecule has 1 aliphatic rings. The lowest BCUT2D eigenvalue weighted by Crippen LogP contribution is -2.42. The summed E-state index contributed by atoms with van der Waals surface area (Å²) in [4.78, 5) is 0. The summed E-state index contributed by atoms with van der Waals surface area (Å²) >= 11 is 0. The van der Waals surface area contributed by atoms with Crippen LogP contribution < -0.4 is 5.32 Å². The third kappa shape index (κ3) is 3.25. The van der Waals surface area contributed by atoms with Gasteiger partial charge in [-0.05, 0) is 32.9 Å². The van der Waals surface area contributed by atoms with E-state index in [1.165, 1.54) is 12.8 Å². The normalized spacial score (nSPS) is 21.7. The lowest BCUT2D eigenvalue weighted by atomic mass is 9.80. The summed E-state index contributed by atoms with van der Waals surface area (Å²) in [6.45, 7) is 6.71. The molecule has 78 valence electrons. The molecule has 1 rings (SSSR count). The first-order valence-electron chi connectivity index (χ1n) is 5.10. The van der Waals surface area contributed by atoms with Gasteiger partial charge in [-0.3, -0.25) is 0 Å². The van der Waals surface area contributed by atoms with E-state index >= 15 is 0 Å². The fraction of sp³-hybridized carbons (Fsp3) is 1.00. The predicted octanol–water partition coefficient (Wildman–Crippen LogP) is 1.04. The quantitative estimate of drug-likeness (QED) is 0.697. The molecule has 3 heteroatoms. The minimum Gasteiger partial charge on any atom is -0.384 e. The van der Waals surface area contributed by atoms with Crippen molar-refractivity contribution in [1.29, 1.82) is 0 Å². The van der Waals surface area contributed by atoms with E-state index in [0.717, 1.165) is 32.9 Å². The van der Waals surface area contributed by atoms with E-state index in [0.29, 0.717) is 0 Å². The van der Waals surface area contributed by atoms with Gasteiger partial charge in [0, 0.05) is 19.1 Å². The fourth-order valence-corrected chi connectivity index (χ4v) is 1.91. The van der Waals surface area contributed by atoms with Crippen molar-refractivity contribution in [2.75, 3.05) is 40.0 Å². The molecule has 1 saturated heterocycles. The first-order valence-corrected chi connectivity index (χ1v) is 5.10. The van der Waals surface area contributed by atoms with Crippen molar-refractivity contribution in [3.63, 3.8) is 0 Å². The molecular weight excluding hydrogens is 166 g/mol. The second-order valence-electron chi connectivity index (χ2n) is 3.82. The molecule has 0 aromatic carbocycles. The summed E-state index contributed by atoms with van der Waals surface area (Å²) in [6, 6.07) is 0. The number of hydrogen-bond donors (Lipinski definition) is 1. The summed E-state index contributed by atoms with van der Waals surface area (Å²) in [7, 11) is 1.77. The first-order chi connectivity index (χ1) is 6.33. The molecule has 1 heterocycles. The van der Waals surface area contributed by atoms with E-state index in [4.69, 9.17) is 9.47 Å².